The van der Waals surface area contributed by atoms with Crippen molar-refractivity contribution in [2.24, 2.45) is 5.41 Å². The maximum absolute atomic E-state index is 14.4. The standard InChI is InChI=1S/C34H46FN7O6S2/c1-22(2)42(23(3)4)32(43)27-14-25(35)6-7-28(27)48-29-15-36-21-37-31(29)41-18-33(19-41)10-12-40(13-11-33)20-34(44)9-8-26(16-47-34)39-50(45,46)30-17-49-24(5)38-30/h6-7,14-15,17,21-23,26,39,44H,8-13,16,18-20H2,1-5H3/t26-,34-/m1/s1. The number of hydrogen-bond acceptors (Lipinski definition) is 12. The molecule has 272 valence electrons. The molecular weight excluding hydrogens is 686 g/mol. The average Bonchev–Trinajstić information content (AvgIpc) is 3.50. The summed E-state index contributed by atoms with van der Waals surface area (Å²) in [4.78, 5) is 32.4. The maximum atomic E-state index is 14.4. The molecule has 0 radical (unpaired) electrons. The van der Waals surface area contributed by atoms with Gasteiger partial charge < -0.3 is 24.4 Å². The number of aryl methyl sites for hydroxylation is 1. The van der Waals surface area contributed by atoms with Crippen molar-refractivity contribution >= 4 is 33.1 Å². The van der Waals surface area contributed by atoms with Gasteiger partial charge in [0.05, 0.1) is 29.9 Å². The smallest absolute Gasteiger partial charge is 0.259 e. The van der Waals surface area contributed by atoms with Crippen molar-refractivity contribution in [3.63, 3.8) is 0 Å². The van der Waals surface area contributed by atoms with Crippen LogP contribution in [0.25, 0.3) is 0 Å². The highest BCUT2D eigenvalue weighted by Gasteiger charge is 2.47. The van der Waals surface area contributed by atoms with Crippen molar-refractivity contribution in [2.45, 2.75) is 89.2 Å². The van der Waals surface area contributed by atoms with Gasteiger partial charge in [-0.1, -0.05) is 0 Å². The van der Waals surface area contributed by atoms with Gasteiger partial charge in [0.1, 0.15) is 17.9 Å². The quantitative estimate of drug-likeness (QED) is 0.293. The van der Waals surface area contributed by atoms with E-state index < -0.39 is 27.7 Å². The predicted molar refractivity (Wildman–Crippen MR) is 186 cm³/mol. The van der Waals surface area contributed by atoms with Crippen molar-refractivity contribution in [1.82, 2.24) is 29.5 Å². The molecule has 0 saturated carbocycles. The Bertz CT molecular complexity index is 1770. The van der Waals surface area contributed by atoms with E-state index >= 15 is 0 Å². The molecule has 16 heteroatoms. The van der Waals surface area contributed by atoms with E-state index in [4.69, 9.17) is 9.47 Å². The number of nitrogens with zero attached hydrogens (tertiary/aromatic N) is 6. The van der Waals surface area contributed by atoms with E-state index in [1.54, 1.807) is 18.0 Å². The van der Waals surface area contributed by atoms with Crippen LogP contribution in [0.2, 0.25) is 0 Å². The van der Waals surface area contributed by atoms with Crippen LogP contribution >= 0.6 is 11.3 Å². The first-order valence-corrected chi connectivity index (χ1v) is 19.4. The second kappa shape index (κ2) is 14.4. The first-order valence-electron chi connectivity index (χ1n) is 17.0. The molecule has 1 aromatic carbocycles. The summed E-state index contributed by atoms with van der Waals surface area (Å²) in [6.45, 7) is 13.0. The molecule has 0 unspecified atom stereocenters. The van der Waals surface area contributed by atoms with E-state index in [-0.39, 0.29) is 46.4 Å². The van der Waals surface area contributed by atoms with Gasteiger partial charge in [0.15, 0.2) is 22.4 Å². The average molecular weight is 732 g/mol. The number of thiazole rings is 1. The highest BCUT2D eigenvalue weighted by atomic mass is 32.2. The van der Waals surface area contributed by atoms with Gasteiger partial charge in [-0.2, -0.15) is 0 Å². The Morgan fingerprint density at radius 2 is 1.90 bits per heavy atom. The topological polar surface area (TPSA) is 150 Å². The number of piperidine rings is 1. The molecule has 3 aliphatic rings. The first-order chi connectivity index (χ1) is 23.7. The number of nitrogens with one attached hydrogen (secondary N) is 1. The summed E-state index contributed by atoms with van der Waals surface area (Å²) in [6, 6.07) is 3.35. The number of ether oxygens (including phenoxy) is 2. The van der Waals surface area contributed by atoms with Crippen molar-refractivity contribution in [3.8, 4) is 11.5 Å². The van der Waals surface area contributed by atoms with Gasteiger partial charge in [-0.05, 0) is 85.2 Å². The zero-order valence-corrected chi connectivity index (χ0v) is 30.8. The molecule has 3 aromatic rings. The predicted octanol–water partition coefficient (Wildman–Crippen LogP) is 4.18. The number of benzene rings is 1. The molecule has 2 atom stereocenters. The Morgan fingerprint density at radius 3 is 2.52 bits per heavy atom. The highest BCUT2D eigenvalue weighted by molar-refractivity contribution is 7.89. The monoisotopic (exact) mass is 731 g/mol. The molecular formula is C34H46FN7O6S2. The normalized spacial score (nSPS) is 22.6. The second-order valence-electron chi connectivity index (χ2n) is 14.3. The van der Waals surface area contributed by atoms with Gasteiger partial charge in [0.25, 0.3) is 15.9 Å². The lowest BCUT2D eigenvalue weighted by Gasteiger charge is -2.55. The summed E-state index contributed by atoms with van der Waals surface area (Å²) < 4.78 is 54.5. The minimum absolute atomic E-state index is 0.00914. The van der Waals surface area contributed by atoms with E-state index in [1.165, 1.54) is 41.2 Å². The largest absolute Gasteiger partial charge is 0.451 e. The van der Waals surface area contributed by atoms with Gasteiger partial charge in [-0.25, -0.2) is 32.5 Å². The Labute approximate surface area is 296 Å². The number of amides is 1. The van der Waals surface area contributed by atoms with E-state index in [2.05, 4.69) is 29.5 Å². The fourth-order valence-electron chi connectivity index (χ4n) is 7.24. The van der Waals surface area contributed by atoms with Gasteiger partial charge >= 0.3 is 0 Å². The van der Waals surface area contributed by atoms with Crippen molar-refractivity contribution < 1.29 is 32.2 Å². The molecule has 50 heavy (non-hydrogen) atoms. The molecule has 0 bridgehead atoms. The number of likely N-dealkylation sites (tertiary alicyclic amines) is 1. The summed E-state index contributed by atoms with van der Waals surface area (Å²) in [5, 5.41) is 13.4. The Morgan fingerprint density at radius 1 is 1.18 bits per heavy atom. The number of anilines is 1. The summed E-state index contributed by atoms with van der Waals surface area (Å²) in [6.07, 6.45) is 5.65. The molecule has 13 nitrogen and oxygen atoms in total. The lowest BCUT2D eigenvalue weighted by Crippen LogP contribution is -2.62. The summed E-state index contributed by atoms with van der Waals surface area (Å²) in [5.74, 6) is -0.939. The number of rotatable bonds is 11. The molecule has 0 aliphatic carbocycles. The molecule has 1 spiro atoms. The molecule has 5 heterocycles. The van der Waals surface area contributed by atoms with Gasteiger partial charge in [0, 0.05) is 48.4 Å². The minimum atomic E-state index is -3.74. The van der Waals surface area contributed by atoms with Crippen molar-refractivity contribution in [1.29, 1.82) is 0 Å². The number of aromatic nitrogens is 3. The van der Waals surface area contributed by atoms with Crippen LogP contribution in [-0.2, 0) is 14.8 Å². The number of sulfonamides is 1. The van der Waals surface area contributed by atoms with Crippen molar-refractivity contribution in [2.75, 3.05) is 44.2 Å². The van der Waals surface area contributed by atoms with Crippen LogP contribution in [0.5, 0.6) is 11.5 Å². The summed E-state index contributed by atoms with van der Waals surface area (Å²) in [7, 11) is -3.74. The van der Waals surface area contributed by atoms with Crippen LogP contribution in [0.1, 0.15) is 68.7 Å². The summed E-state index contributed by atoms with van der Waals surface area (Å²) >= 11 is 1.28. The first kappa shape index (κ1) is 36.5. The molecule has 6 rings (SSSR count). The lowest BCUT2D eigenvalue weighted by atomic mass is 9.72. The van der Waals surface area contributed by atoms with Crippen LogP contribution in [0.4, 0.5) is 10.2 Å². The van der Waals surface area contributed by atoms with Crippen LogP contribution in [-0.4, -0.2) is 107 Å². The molecule has 3 aliphatic heterocycles. The third-order valence-corrected chi connectivity index (χ3v) is 12.1. The highest BCUT2D eigenvalue weighted by Crippen LogP contribution is 2.45. The molecule has 3 fully saturated rings. The van der Waals surface area contributed by atoms with Crippen LogP contribution < -0.4 is 14.4 Å². The van der Waals surface area contributed by atoms with E-state index in [9.17, 15) is 22.7 Å². The number of halogens is 1. The van der Waals surface area contributed by atoms with Crippen molar-refractivity contribution in [3.05, 3.63) is 52.5 Å². The van der Waals surface area contributed by atoms with E-state index in [1.807, 2.05) is 27.7 Å². The molecule has 2 N–H and O–H groups in total. The number of aliphatic hydroxyl groups is 1. The molecule has 1 amide bonds. The Hall–Kier alpha value is -3.28. The zero-order chi connectivity index (χ0) is 35.8. The Balaban J connectivity index is 1.03. The van der Waals surface area contributed by atoms with Crippen LogP contribution in [0, 0.1) is 18.2 Å². The zero-order valence-electron chi connectivity index (χ0n) is 29.1. The second-order valence-corrected chi connectivity index (χ2v) is 17.0. The third-order valence-electron chi connectivity index (χ3n) is 9.77. The maximum Gasteiger partial charge on any atom is 0.259 e. The van der Waals surface area contributed by atoms with Gasteiger partial charge in [0.2, 0.25) is 0 Å². The lowest BCUT2D eigenvalue weighted by molar-refractivity contribution is -0.239. The third kappa shape index (κ3) is 7.95. The summed E-state index contributed by atoms with van der Waals surface area (Å²) in [5.41, 5.74) is 0.221. The fraction of sp³-hybridized carbons (Fsp3) is 0.588. The fourth-order valence-corrected chi connectivity index (χ4v) is 9.43. The van der Waals surface area contributed by atoms with Crippen LogP contribution in [0.15, 0.2) is 41.1 Å². The van der Waals surface area contributed by atoms with Crippen LogP contribution in [0.3, 0.4) is 0 Å². The van der Waals surface area contributed by atoms with Gasteiger partial charge in [-0.15, -0.1) is 11.3 Å². The number of hydrogen-bond donors (Lipinski definition) is 2. The number of carbonyl (C=O) groups excluding carboxylic acids is 1. The number of carbonyl (C=O) groups is 1. The van der Waals surface area contributed by atoms with Gasteiger partial charge in [-0.3, -0.25) is 9.69 Å². The molecule has 2 aromatic heterocycles. The number of β-amino-alcohol motifs (C(OH)–C–C–N with tert-alkyl or cyclic N) is 1. The Kier molecular flexibility index (Phi) is 10.5. The SMILES string of the molecule is Cc1nc(S(=O)(=O)N[C@@H]2CC[C@](O)(CN3CCC4(CC3)CN(c3ncncc3Oc3ccc(F)cc3C(=O)N(C(C)C)C(C)C)C4)OC2)cs1. The minimum Gasteiger partial charge on any atom is -0.451 e. The van der Waals surface area contributed by atoms with E-state index in [0.717, 1.165) is 39.0 Å². The van der Waals surface area contributed by atoms with E-state index in [0.29, 0.717) is 36.0 Å². The molecule has 3 saturated heterocycles.